The molecule has 1 N–H and O–H groups in total. The quantitative estimate of drug-likeness (QED) is 0.420. The summed E-state index contributed by atoms with van der Waals surface area (Å²) < 4.78 is 12.9. The minimum Gasteiger partial charge on any atom is -0.486 e. The number of nitrogens with one attached hydrogen (secondary N) is 1. The molecule has 29 heavy (non-hydrogen) atoms. The van der Waals surface area contributed by atoms with E-state index in [1.807, 2.05) is 43.3 Å². The van der Waals surface area contributed by atoms with Gasteiger partial charge in [0.05, 0.1) is 15.8 Å². The summed E-state index contributed by atoms with van der Waals surface area (Å²) in [5.41, 5.74) is 2.59. The number of benzene rings is 2. The molecule has 1 heterocycles. The topological polar surface area (TPSA) is 64.6 Å². The fraction of sp³-hybridized carbons (Fsp3) is 0.273. The third-order valence-corrected chi connectivity index (χ3v) is 6.07. The van der Waals surface area contributed by atoms with E-state index in [2.05, 4.69) is 21.2 Å². The van der Waals surface area contributed by atoms with Gasteiger partial charge >= 0.3 is 5.97 Å². The van der Waals surface area contributed by atoms with Crippen LogP contribution in [0.4, 0.5) is 5.00 Å². The molecule has 7 heteroatoms. The fourth-order valence-corrected chi connectivity index (χ4v) is 4.58. The Labute approximate surface area is 182 Å². The summed E-state index contributed by atoms with van der Waals surface area (Å²) in [4.78, 5) is 24.6. The number of anilines is 1. The number of hydrogen-bond acceptors (Lipinski definition) is 5. The number of fused-ring (bicyclic) bond motifs is 1. The van der Waals surface area contributed by atoms with E-state index in [1.54, 1.807) is 13.8 Å². The van der Waals surface area contributed by atoms with E-state index in [4.69, 9.17) is 9.47 Å². The molecule has 0 fully saturated rings. The van der Waals surface area contributed by atoms with Gasteiger partial charge in [-0.15, -0.1) is 11.3 Å². The second-order valence-corrected chi connectivity index (χ2v) is 8.33. The zero-order valence-electron chi connectivity index (χ0n) is 16.5. The Kier molecular flexibility index (Phi) is 6.92. The predicted molar refractivity (Wildman–Crippen MR) is 120 cm³/mol. The van der Waals surface area contributed by atoms with Crippen molar-refractivity contribution in [2.45, 2.75) is 33.8 Å². The maximum absolute atomic E-state index is 12.6. The third-order valence-electron chi connectivity index (χ3n) is 4.32. The number of rotatable bonds is 7. The summed E-state index contributed by atoms with van der Waals surface area (Å²) >= 11 is 4.86. The van der Waals surface area contributed by atoms with Crippen LogP contribution in [0.25, 0.3) is 10.1 Å². The van der Waals surface area contributed by atoms with Gasteiger partial charge in [-0.2, -0.15) is 0 Å². The molecule has 1 amide bonds. The van der Waals surface area contributed by atoms with Gasteiger partial charge in [0.2, 0.25) is 5.91 Å². The first-order chi connectivity index (χ1) is 13.9. The minimum absolute atomic E-state index is 0.164. The molecule has 1 aromatic heterocycles. The molecule has 152 valence electrons. The van der Waals surface area contributed by atoms with E-state index >= 15 is 0 Å². The van der Waals surface area contributed by atoms with Crippen LogP contribution in [-0.4, -0.2) is 18.5 Å². The van der Waals surface area contributed by atoms with Crippen molar-refractivity contribution < 1.29 is 19.1 Å². The highest BCUT2D eigenvalue weighted by Gasteiger charge is 2.24. The highest BCUT2D eigenvalue weighted by atomic mass is 79.9. The van der Waals surface area contributed by atoms with Crippen molar-refractivity contribution in [3.8, 4) is 5.75 Å². The van der Waals surface area contributed by atoms with Crippen LogP contribution < -0.4 is 10.1 Å². The van der Waals surface area contributed by atoms with Crippen LogP contribution in [0.5, 0.6) is 5.75 Å². The Hall–Kier alpha value is -2.38. The fourth-order valence-electron chi connectivity index (χ4n) is 2.80. The van der Waals surface area contributed by atoms with Gasteiger partial charge in [0.25, 0.3) is 0 Å². The lowest BCUT2D eigenvalue weighted by atomic mass is 10.1. The summed E-state index contributed by atoms with van der Waals surface area (Å²) in [6.07, 6.45) is 0.316. The first-order valence-corrected chi connectivity index (χ1v) is 11.0. The van der Waals surface area contributed by atoms with Gasteiger partial charge in [-0.25, -0.2) is 4.79 Å². The Balaban J connectivity index is 2.04. The lowest BCUT2D eigenvalue weighted by Gasteiger charge is -2.10. The van der Waals surface area contributed by atoms with Gasteiger partial charge in [-0.1, -0.05) is 42.8 Å². The normalized spacial score (nSPS) is 10.8. The molecule has 0 unspecified atom stereocenters. The van der Waals surface area contributed by atoms with Crippen molar-refractivity contribution in [2.24, 2.45) is 0 Å². The number of ether oxygens (including phenoxy) is 2. The zero-order valence-corrected chi connectivity index (χ0v) is 18.9. The summed E-state index contributed by atoms with van der Waals surface area (Å²) in [6.45, 7) is 6.20. The van der Waals surface area contributed by atoms with Gasteiger partial charge in [0, 0.05) is 11.8 Å². The molecular formula is C22H22BrNO4S. The molecule has 0 radical (unpaired) electrons. The van der Waals surface area contributed by atoms with E-state index in [0.717, 1.165) is 14.7 Å². The molecular weight excluding hydrogens is 454 g/mol. The van der Waals surface area contributed by atoms with Crippen LogP contribution >= 0.6 is 27.3 Å². The number of carbonyl (C=O) groups is 2. The molecule has 0 saturated heterocycles. The smallest absolute Gasteiger partial charge is 0.341 e. The van der Waals surface area contributed by atoms with E-state index in [1.165, 1.54) is 16.9 Å². The Morgan fingerprint density at radius 2 is 1.83 bits per heavy atom. The monoisotopic (exact) mass is 475 g/mol. The number of esters is 1. The van der Waals surface area contributed by atoms with Crippen molar-refractivity contribution >= 4 is 54.2 Å². The number of amides is 1. The molecule has 0 atom stereocenters. The highest BCUT2D eigenvalue weighted by Crippen LogP contribution is 2.44. The Bertz CT molecular complexity index is 1040. The molecule has 0 saturated carbocycles. The lowest BCUT2D eigenvalue weighted by Crippen LogP contribution is -2.12. The largest absolute Gasteiger partial charge is 0.486 e. The first-order valence-electron chi connectivity index (χ1n) is 9.34. The second-order valence-electron chi connectivity index (χ2n) is 6.46. The molecule has 0 aliphatic carbocycles. The summed E-state index contributed by atoms with van der Waals surface area (Å²) in [5, 5.41) is 4.00. The number of aryl methyl sites for hydroxylation is 1. The van der Waals surface area contributed by atoms with E-state index in [0.29, 0.717) is 34.7 Å². The SMILES string of the molecule is CCOC(=O)c1c(NC(=O)CC)sc2c(OCc3ccc(C)cc3)c(Br)ccc12. The highest BCUT2D eigenvalue weighted by molar-refractivity contribution is 9.10. The molecule has 3 aromatic rings. The van der Waals surface area contributed by atoms with Crippen LogP contribution in [0.1, 0.15) is 41.8 Å². The summed E-state index contributed by atoms with van der Waals surface area (Å²) in [5.74, 6) is 0.0101. The van der Waals surface area contributed by atoms with Gasteiger partial charge in [-0.05, 0) is 41.4 Å². The molecule has 0 spiro atoms. The first kappa shape index (κ1) is 21.3. The lowest BCUT2D eigenvalue weighted by molar-refractivity contribution is -0.115. The Morgan fingerprint density at radius 1 is 1.10 bits per heavy atom. The van der Waals surface area contributed by atoms with Gasteiger partial charge in [0.15, 0.2) is 5.75 Å². The standard InChI is InChI=1S/C22H22BrNO4S/c1-4-17(25)24-21-18(22(26)27-5-2)15-10-11-16(23)19(20(15)29-21)28-12-14-8-6-13(3)7-9-14/h6-11H,4-5,12H2,1-3H3,(H,24,25). The third kappa shape index (κ3) is 4.79. The van der Waals surface area contributed by atoms with Crippen molar-refractivity contribution in [1.82, 2.24) is 0 Å². The molecule has 2 aromatic carbocycles. The van der Waals surface area contributed by atoms with Crippen LogP contribution in [0.2, 0.25) is 0 Å². The molecule has 0 aliphatic rings. The molecule has 0 bridgehead atoms. The number of halogens is 1. The van der Waals surface area contributed by atoms with Crippen LogP contribution in [0.15, 0.2) is 40.9 Å². The predicted octanol–water partition coefficient (Wildman–Crippen LogP) is 6.08. The molecule has 5 nitrogen and oxygen atoms in total. The summed E-state index contributed by atoms with van der Waals surface area (Å²) in [7, 11) is 0. The van der Waals surface area contributed by atoms with Crippen LogP contribution in [-0.2, 0) is 16.1 Å². The number of thiophene rings is 1. The van der Waals surface area contributed by atoms with Gasteiger partial charge < -0.3 is 14.8 Å². The van der Waals surface area contributed by atoms with E-state index in [9.17, 15) is 9.59 Å². The van der Waals surface area contributed by atoms with Crippen molar-refractivity contribution in [1.29, 1.82) is 0 Å². The average Bonchev–Trinajstić information content (AvgIpc) is 3.06. The van der Waals surface area contributed by atoms with E-state index in [-0.39, 0.29) is 12.5 Å². The van der Waals surface area contributed by atoms with Crippen LogP contribution in [0.3, 0.4) is 0 Å². The Morgan fingerprint density at radius 3 is 2.48 bits per heavy atom. The summed E-state index contributed by atoms with van der Waals surface area (Å²) in [6, 6.07) is 11.8. The maximum atomic E-state index is 12.6. The molecule has 3 rings (SSSR count). The maximum Gasteiger partial charge on any atom is 0.341 e. The number of hydrogen-bond donors (Lipinski definition) is 1. The van der Waals surface area contributed by atoms with Crippen molar-refractivity contribution in [3.05, 3.63) is 57.6 Å². The van der Waals surface area contributed by atoms with E-state index < -0.39 is 5.97 Å². The van der Waals surface area contributed by atoms with Crippen molar-refractivity contribution in [3.63, 3.8) is 0 Å². The average molecular weight is 476 g/mol. The van der Waals surface area contributed by atoms with Crippen molar-refractivity contribution in [2.75, 3.05) is 11.9 Å². The molecule has 0 aliphatic heterocycles. The zero-order chi connectivity index (χ0) is 21.0. The minimum atomic E-state index is -0.461. The van der Waals surface area contributed by atoms with Gasteiger partial charge in [0.1, 0.15) is 17.2 Å². The van der Waals surface area contributed by atoms with Crippen LogP contribution in [0, 0.1) is 6.92 Å². The van der Waals surface area contributed by atoms with Gasteiger partial charge in [-0.3, -0.25) is 4.79 Å². The number of carbonyl (C=O) groups excluding carboxylic acids is 2. The second kappa shape index (κ2) is 9.41.